The molecule has 1 atom stereocenters. The van der Waals surface area contributed by atoms with E-state index in [1.165, 1.54) is 0 Å². The molecule has 0 bridgehead atoms. The molecule has 0 radical (unpaired) electrons. The van der Waals surface area contributed by atoms with E-state index in [2.05, 4.69) is 26.6 Å². The molecule has 158 valence electrons. The monoisotopic (exact) mass is 473 g/mol. The second-order valence-corrected chi connectivity index (χ2v) is 8.39. The van der Waals surface area contributed by atoms with Crippen LogP contribution in [0.1, 0.15) is 24.5 Å². The van der Waals surface area contributed by atoms with Gasteiger partial charge in [0.25, 0.3) is 5.91 Å². The molecule has 1 fully saturated rings. The number of hydrogen-bond acceptors (Lipinski definition) is 4. The minimum absolute atomic E-state index is 0.344. The molecule has 2 aromatic rings. The van der Waals surface area contributed by atoms with Gasteiger partial charge in [-0.2, -0.15) is 0 Å². The van der Waals surface area contributed by atoms with Crippen LogP contribution in [0.15, 0.2) is 46.9 Å². The normalized spacial score (nSPS) is 18.3. The van der Waals surface area contributed by atoms with E-state index < -0.39 is 23.4 Å². The topological polar surface area (TPSA) is 87.7 Å². The fourth-order valence-electron chi connectivity index (χ4n) is 3.30. The highest BCUT2D eigenvalue weighted by molar-refractivity contribution is 9.10. The zero-order valence-electron chi connectivity index (χ0n) is 17.1. The summed E-state index contributed by atoms with van der Waals surface area (Å²) >= 11 is 3.40. The smallest absolute Gasteiger partial charge is 0.325 e. The van der Waals surface area contributed by atoms with Crippen molar-refractivity contribution in [1.29, 1.82) is 0 Å². The lowest BCUT2D eigenvalue weighted by Gasteiger charge is -2.21. The molecule has 3 rings (SSSR count). The van der Waals surface area contributed by atoms with Crippen LogP contribution >= 0.6 is 15.9 Å². The van der Waals surface area contributed by atoms with Crippen molar-refractivity contribution in [2.75, 3.05) is 19.0 Å². The summed E-state index contributed by atoms with van der Waals surface area (Å²) in [6, 6.07) is 12.5. The second-order valence-electron chi connectivity index (χ2n) is 7.53. The first kappa shape index (κ1) is 21.8. The number of rotatable bonds is 7. The van der Waals surface area contributed by atoms with Crippen LogP contribution in [-0.4, -0.2) is 41.9 Å². The van der Waals surface area contributed by atoms with Gasteiger partial charge in [0.2, 0.25) is 5.91 Å². The Morgan fingerprint density at radius 2 is 1.90 bits per heavy atom. The Morgan fingerprint density at radius 3 is 2.53 bits per heavy atom. The Hall–Kier alpha value is -2.87. The molecule has 0 aromatic heterocycles. The molecule has 1 heterocycles. The van der Waals surface area contributed by atoms with E-state index in [1.807, 2.05) is 43.3 Å². The van der Waals surface area contributed by atoms with Crippen LogP contribution in [0.4, 0.5) is 10.5 Å². The summed E-state index contributed by atoms with van der Waals surface area (Å²) in [5.41, 5.74) is 1.60. The van der Waals surface area contributed by atoms with E-state index in [9.17, 15) is 14.4 Å². The van der Waals surface area contributed by atoms with Gasteiger partial charge >= 0.3 is 6.03 Å². The molecule has 1 aliphatic rings. The first-order valence-corrected chi connectivity index (χ1v) is 10.3. The van der Waals surface area contributed by atoms with Gasteiger partial charge in [0, 0.05) is 4.47 Å². The second kappa shape index (κ2) is 8.87. The first-order valence-electron chi connectivity index (χ1n) is 9.55. The van der Waals surface area contributed by atoms with Gasteiger partial charge in [-0.15, -0.1) is 0 Å². The number of benzene rings is 2. The van der Waals surface area contributed by atoms with Crippen molar-refractivity contribution in [1.82, 2.24) is 10.2 Å². The summed E-state index contributed by atoms with van der Waals surface area (Å²) in [6.45, 7) is 3.28. The number of hydrogen-bond donors (Lipinski definition) is 2. The van der Waals surface area contributed by atoms with Gasteiger partial charge < -0.3 is 15.4 Å². The zero-order valence-corrected chi connectivity index (χ0v) is 18.7. The maximum Gasteiger partial charge on any atom is 0.325 e. The number of carbonyl (C=O) groups is 3. The third-order valence-corrected chi connectivity index (χ3v) is 5.77. The van der Waals surface area contributed by atoms with E-state index in [4.69, 9.17) is 4.74 Å². The maximum atomic E-state index is 12.9. The number of urea groups is 1. The lowest BCUT2D eigenvalue weighted by molar-refractivity contribution is -0.133. The highest BCUT2D eigenvalue weighted by Gasteiger charge is 2.47. The number of anilines is 1. The Labute approximate surface area is 183 Å². The van der Waals surface area contributed by atoms with Crippen molar-refractivity contribution in [2.45, 2.75) is 32.2 Å². The van der Waals surface area contributed by atoms with E-state index in [-0.39, 0.29) is 6.54 Å². The van der Waals surface area contributed by atoms with Crippen LogP contribution in [0.25, 0.3) is 0 Å². The average molecular weight is 474 g/mol. The van der Waals surface area contributed by atoms with Crippen molar-refractivity contribution in [3.05, 3.63) is 58.1 Å². The van der Waals surface area contributed by atoms with E-state index in [0.717, 1.165) is 26.2 Å². The van der Waals surface area contributed by atoms with Gasteiger partial charge in [-0.25, -0.2) is 4.79 Å². The Bertz CT molecular complexity index is 977. The first-order chi connectivity index (χ1) is 14.2. The molecule has 0 saturated carbocycles. The van der Waals surface area contributed by atoms with Gasteiger partial charge in [0.05, 0.1) is 12.8 Å². The van der Waals surface area contributed by atoms with Crippen LogP contribution in [0.3, 0.4) is 0 Å². The summed E-state index contributed by atoms with van der Waals surface area (Å²) in [7, 11) is 1.60. The zero-order chi connectivity index (χ0) is 21.9. The van der Waals surface area contributed by atoms with Gasteiger partial charge in [0.1, 0.15) is 17.8 Å². The van der Waals surface area contributed by atoms with Crippen molar-refractivity contribution in [3.63, 3.8) is 0 Å². The minimum Gasteiger partial charge on any atom is -0.497 e. The summed E-state index contributed by atoms with van der Waals surface area (Å²) in [6.07, 6.45) is 1.02. The standard InChI is InChI=1S/C22H24BrN3O4/c1-14-4-9-18(17(23)12-14)24-19(27)13-26-20(28)22(2,25-21(26)29)11-10-15-5-7-16(30-3)8-6-15/h4-9,12H,10-11,13H2,1-3H3,(H,24,27)(H,25,29)/t22-/m0/s1. The van der Waals surface area contributed by atoms with Crippen LogP contribution in [0, 0.1) is 6.92 Å². The average Bonchev–Trinajstić information content (AvgIpc) is 2.92. The third-order valence-electron chi connectivity index (χ3n) is 5.12. The van der Waals surface area contributed by atoms with Crippen LogP contribution in [-0.2, 0) is 16.0 Å². The van der Waals surface area contributed by atoms with Gasteiger partial charge in [-0.3, -0.25) is 14.5 Å². The number of carbonyl (C=O) groups excluding carboxylic acids is 3. The van der Waals surface area contributed by atoms with Crippen molar-refractivity contribution >= 4 is 39.5 Å². The summed E-state index contributed by atoms with van der Waals surface area (Å²) in [4.78, 5) is 38.7. The number of nitrogens with zero attached hydrogens (tertiary/aromatic N) is 1. The predicted octanol–water partition coefficient (Wildman–Crippen LogP) is 3.65. The molecule has 8 heteroatoms. The lowest BCUT2D eigenvalue weighted by atomic mass is 9.93. The van der Waals surface area contributed by atoms with Gasteiger partial charge in [-0.05, 0) is 78.0 Å². The molecule has 4 amide bonds. The van der Waals surface area contributed by atoms with Crippen LogP contribution < -0.4 is 15.4 Å². The largest absolute Gasteiger partial charge is 0.497 e. The number of nitrogens with one attached hydrogen (secondary N) is 2. The molecule has 2 N–H and O–H groups in total. The molecule has 1 saturated heterocycles. The fraction of sp³-hybridized carbons (Fsp3) is 0.318. The molecular weight excluding hydrogens is 450 g/mol. The Morgan fingerprint density at radius 1 is 1.20 bits per heavy atom. The molecule has 1 aliphatic heterocycles. The molecule has 0 unspecified atom stereocenters. The Kier molecular flexibility index (Phi) is 6.45. The number of imide groups is 1. The van der Waals surface area contributed by atoms with E-state index in [0.29, 0.717) is 18.5 Å². The van der Waals surface area contributed by atoms with Crippen LogP contribution in [0.2, 0.25) is 0 Å². The number of ether oxygens (including phenoxy) is 1. The maximum absolute atomic E-state index is 12.9. The number of methoxy groups -OCH3 is 1. The Balaban J connectivity index is 1.62. The molecular formula is C22H24BrN3O4. The summed E-state index contributed by atoms with van der Waals surface area (Å²) < 4.78 is 5.88. The number of amides is 4. The highest BCUT2D eigenvalue weighted by atomic mass is 79.9. The van der Waals surface area contributed by atoms with Crippen molar-refractivity contribution in [2.24, 2.45) is 0 Å². The molecule has 30 heavy (non-hydrogen) atoms. The third kappa shape index (κ3) is 4.81. The number of halogens is 1. The lowest BCUT2D eigenvalue weighted by Crippen LogP contribution is -2.45. The quantitative estimate of drug-likeness (QED) is 0.600. The number of aryl methyl sites for hydroxylation is 2. The summed E-state index contributed by atoms with van der Waals surface area (Å²) in [5, 5.41) is 5.46. The SMILES string of the molecule is COc1ccc(CC[C@]2(C)NC(=O)N(CC(=O)Nc3ccc(C)cc3Br)C2=O)cc1. The minimum atomic E-state index is -1.05. The van der Waals surface area contributed by atoms with Crippen LogP contribution in [0.5, 0.6) is 5.75 Å². The van der Waals surface area contributed by atoms with Crippen molar-refractivity contribution < 1.29 is 19.1 Å². The van der Waals surface area contributed by atoms with Crippen molar-refractivity contribution in [3.8, 4) is 5.75 Å². The molecule has 0 spiro atoms. The summed E-state index contributed by atoms with van der Waals surface area (Å²) in [5.74, 6) is -0.0887. The molecule has 0 aliphatic carbocycles. The fourth-order valence-corrected chi connectivity index (χ4v) is 3.89. The van der Waals surface area contributed by atoms with E-state index in [1.54, 1.807) is 20.1 Å². The predicted molar refractivity (Wildman–Crippen MR) is 117 cm³/mol. The van der Waals surface area contributed by atoms with E-state index >= 15 is 0 Å². The highest BCUT2D eigenvalue weighted by Crippen LogP contribution is 2.25. The molecule has 7 nitrogen and oxygen atoms in total. The van der Waals surface area contributed by atoms with Gasteiger partial charge in [-0.1, -0.05) is 18.2 Å². The molecule has 2 aromatic carbocycles. The van der Waals surface area contributed by atoms with Gasteiger partial charge in [0.15, 0.2) is 0 Å².